The fourth-order valence-electron chi connectivity index (χ4n) is 2.80. The van der Waals surface area contributed by atoms with Gasteiger partial charge in [0.25, 0.3) is 0 Å². The van der Waals surface area contributed by atoms with Crippen LogP contribution in [0.2, 0.25) is 0 Å². The molecule has 0 unspecified atom stereocenters. The SMILES string of the molecule is C1COCO1.CCCN1C=C(C)c2cc(OC)c(OC)cc2CC1=O. The van der Waals surface area contributed by atoms with Gasteiger partial charge >= 0.3 is 0 Å². The quantitative estimate of drug-likeness (QED) is 0.837. The maximum Gasteiger partial charge on any atom is 0.230 e. The van der Waals surface area contributed by atoms with Crippen LogP contribution in [0.1, 0.15) is 31.4 Å². The zero-order chi connectivity index (χ0) is 18.2. The maximum atomic E-state index is 12.3. The molecular weight excluding hydrogens is 322 g/mol. The van der Waals surface area contributed by atoms with Crippen LogP contribution in [0, 0.1) is 0 Å². The molecule has 0 bridgehead atoms. The summed E-state index contributed by atoms with van der Waals surface area (Å²) in [4.78, 5) is 14.1. The molecule has 1 amide bonds. The number of carbonyl (C=O) groups is 1. The van der Waals surface area contributed by atoms with E-state index in [4.69, 9.17) is 18.9 Å². The van der Waals surface area contributed by atoms with E-state index in [0.29, 0.717) is 24.7 Å². The van der Waals surface area contributed by atoms with Crippen LogP contribution in [0.3, 0.4) is 0 Å². The molecule has 1 aromatic carbocycles. The van der Waals surface area contributed by atoms with Crippen molar-refractivity contribution >= 4 is 11.5 Å². The molecule has 0 radical (unpaired) electrons. The third-order valence-corrected chi connectivity index (χ3v) is 4.05. The fourth-order valence-corrected chi connectivity index (χ4v) is 2.80. The van der Waals surface area contributed by atoms with E-state index in [0.717, 1.165) is 42.9 Å². The number of hydrogen-bond acceptors (Lipinski definition) is 5. The van der Waals surface area contributed by atoms with Crippen molar-refractivity contribution in [2.45, 2.75) is 26.7 Å². The molecule has 0 N–H and O–H groups in total. The van der Waals surface area contributed by atoms with E-state index in [2.05, 4.69) is 6.92 Å². The van der Waals surface area contributed by atoms with Gasteiger partial charge in [0.05, 0.1) is 33.9 Å². The van der Waals surface area contributed by atoms with Crippen molar-refractivity contribution in [1.29, 1.82) is 0 Å². The Balaban J connectivity index is 0.000000386. The van der Waals surface area contributed by atoms with Gasteiger partial charge in [-0.2, -0.15) is 0 Å². The van der Waals surface area contributed by atoms with Crippen molar-refractivity contribution in [2.24, 2.45) is 0 Å². The smallest absolute Gasteiger partial charge is 0.230 e. The second-order valence-corrected chi connectivity index (χ2v) is 5.87. The van der Waals surface area contributed by atoms with Gasteiger partial charge in [0.15, 0.2) is 11.5 Å². The predicted molar refractivity (Wildman–Crippen MR) is 95.7 cm³/mol. The topological polar surface area (TPSA) is 57.2 Å². The molecule has 0 aromatic heterocycles. The molecule has 1 fully saturated rings. The molecule has 0 spiro atoms. The maximum absolute atomic E-state index is 12.3. The molecule has 6 nitrogen and oxygen atoms in total. The summed E-state index contributed by atoms with van der Waals surface area (Å²) in [6.45, 7) is 6.89. The molecule has 138 valence electrons. The van der Waals surface area contributed by atoms with Crippen LogP contribution in [0.25, 0.3) is 5.57 Å². The van der Waals surface area contributed by atoms with Gasteiger partial charge in [-0.1, -0.05) is 6.92 Å². The summed E-state index contributed by atoms with van der Waals surface area (Å²) in [5, 5.41) is 0. The van der Waals surface area contributed by atoms with Crippen LogP contribution in [-0.4, -0.2) is 51.6 Å². The van der Waals surface area contributed by atoms with E-state index in [1.54, 1.807) is 19.1 Å². The average molecular weight is 349 g/mol. The molecule has 25 heavy (non-hydrogen) atoms. The normalized spacial score (nSPS) is 16.4. The Morgan fingerprint density at radius 1 is 1.12 bits per heavy atom. The summed E-state index contributed by atoms with van der Waals surface area (Å²) in [5.41, 5.74) is 3.11. The van der Waals surface area contributed by atoms with E-state index in [1.165, 1.54) is 0 Å². The standard InChI is InChI=1S/C16H21NO3.C3H6O2/c1-5-6-17-10-11(2)13-9-15(20-4)14(19-3)7-12(13)8-16(17)18;1-2-5-3-4-1/h7,9-10H,5-6,8H2,1-4H3;1-3H2. The van der Waals surface area contributed by atoms with Crippen LogP contribution in [0.15, 0.2) is 18.3 Å². The zero-order valence-electron chi connectivity index (χ0n) is 15.5. The number of rotatable bonds is 4. The number of carbonyl (C=O) groups excluding carboxylic acids is 1. The third-order valence-electron chi connectivity index (χ3n) is 4.05. The van der Waals surface area contributed by atoms with Gasteiger partial charge in [-0.25, -0.2) is 0 Å². The molecule has 2 heterocycles. The second kappa shape index (κ2) is 9.44. The summed E-state index contributed by atoms with van der Waals surface area (Å²) in [6.07, 6.45) is 3.27. The van der Waals surface area contributed by atoms with Gasteiger partial charge in [0, 0.05) is 12.7 Å². The minimum Gasteiger partial charge on any atom is -0.493 e. The Bertz CT molecular complexity index is 615. The summed E-state index contributed by atoms with van der Waals surface area (Å²) in [7, 11) is 3.23. The molecule has 0 saturated carbocycles. The molecule has 2 aliphatic heterocycles. The Morgan fingerprint density at radius 3 is 2.28 bits per heavy atom. The van der Waals surface area contributed by atoms with E-state index < -0.39 is 0 Å². The van der Waals surface area contributed by atoms with Crippen molar-refractivity contribution in [2.75, 3.05) is 40.8 Å². The third kappa shape index (κ3) is 4.96. The van der Waals surface area contributed by atoms with Gasteiger partial charge in [0.1, 0.15) is 6.79 Å². The first kappa shape index (κ1) is 19.3. The largest absolute Gasteiger partial charge is 0.493 e. The lowest BCUT2D eigenvalue weighted by Gasteiger charge is -2.16. The Kier molecular flexibility index (Phi) is 7.28. The molecule has 3 rings (SSSR count). The Morgan fingerprint density at radius 2 is 1.76 bits per heavy atom. The molecule has 1 saturated heterocycles. The molecule has 0 atom stereocenters. The van der Waals surface area contributed by atoms with E-state index in [-0.39, 0.29) is 5.91 Å². The Hall–Kier alpha value is -2.05. The molecular formula is C19H27NO5. The number of allylic oxidation sites excluding steroid dienone is 1. The van der Waals surface area contributed by atoms with Crippen molar-refractivity contribution in [1.82, 2.24) is 4.90 Å². The first-order valence-corrected chi connectivity index (χ1v) is 8.49. The van der Waals surface area contributed by atoms with Crippen LogP contribution >= 0.6 is 0 Å². The lowest BCUT2D eigenvalue weighted by Crippen LogP contribution is -2.27. The van der Waals surface area contributed by atoms with Gasteiger partial charge in [-0.3, -0.25) is 4.79 Å². The number of fused-ring (bicyclic) bond motifs is 1. The van der Waals surface area contributed by atoms with Crippen LogP contribution in [0.5, 0.6) is 11.5 Å². The highest BCUT2D eigenvalue weighted by Gasteiger charge is 2.21. The number of methoxy groups -OCH3 is 2. The number of benzene rings is 1. The highest BCUT2D eigenvalue weighted by Crippen LogP contribution is 2.35. The van der Waals surface area contributed by atoms with Gasteiger partial charge in [0.2, 0.25) is 5.91 Å². The highest BCUT2D eigenvalue weighted by atomic mass is 16.7. The summed E-state index contributed by atoms with van der Waals surface area (Å²) in [5.74, 6) is 1.48. The number of hydrogen-bond donors (Lipinski definition) is 0. The minimum absolute atomic E-state index is 0.122. The number of ether oxygens (including phenoxy) is 4. The first-order valence-electron chi connectivity index (χ1n) is 8.49. The predicted octanol–water partition coefficient (Wildman–Crippen LogP) is 2.85. The molecule has 1 aromatic rings. The van der Waals surface area contributed by atoms with E-state index in [1.807, 2.05) is 25.3 Å². The van der Waals surface area contributed by atoms with E-state index >= 15 is 0 Å². The molecule has 2 aliphatic rings. The summed E-state index contributed by atoms with van der Waals surface area (Å²) in [6, 6.07) is 3.85. The monoisotopic (exact) mass is 349 g/mol. The minimum atomic E-state index is 0.122. The summed E-state index contributed by atoms with van der Waals surface area (Å²) >= 11 is 0. The van der Waals surface area contributed by atoms with Crippen molar-refractivity contribution in [3.05, 3.63) is 29.5 Å². The second-order valence-electron chi connectivity index (χ2n) is 5.87. The lowest BCUT2D eigenvalue weighted by atomic mass is 9.99. The lowest BCUT2D eigenvalue weighted by molar-refractivity contribution is -0.127. The van der Waals surface area contributed by atoms with Crippen LogP contribution in [0.4, 0.5) is 0 Å². The van der Waals surface area contributed by atoms with Crippen molar-refractivity contribution in [3.8, 4) is 11.5 Å². The van der Waals surface area contributed by atoms with Gasteiger partial charge < -0.3 is 23.8 Å². The highest BCUT2D eigenvalue weighted by molar-refractivity contribution is 5.86. The average Bonchev–Trinajstić information content (AvgIpc) is 3.17. The summed E-state index contributed by atoms with van der Waals surface area (Å²) < 4.78 is 20.1. The number of amides is 1. The van der Waals surface area contributed by atoms with Gasteiger partial charge in [-0.15, -0.1) is 0 Å². The number of nitrogens with zero attached hydrogens (tertiary/aromatic N) is 1. The fraction of sp³-hybridized carbons (Fsp3) is 0.526. The first-order chi connectivity index (χ1) is 12.1. The Labute approximate surface area is 149 Å². The molecule has 6 heteroatoms. The van der Waals surface area contributed by atoms with Crippen molar-refractivity contribution < 1.29 is 23.7 Å². The van der Waals surface area contributed by atoms with Crippen LogP contribution in [-0.2, 0) is 20.7 Å². The van der Waals surface area contributed by atoms with Crippen LogP contribution < -0.4 is 9.47 Å². The van der Waals surface area contributed by atoms with Crippen molar-refractivity contribution in [3.63, 3.8) is 0 Å². The zero-order valence-corrected chi connectivity index (χ0v) is 15.5. The van der Waals surface area contributed by atoms with E-state index in [9.17, 15) is 4.79 Å². The van der Waals surface area contributed by atoms with Gasteiger partial charge in [-0.05, 0) is 42.2 Å². The molecule has 0 aliphatic carbocycles.